The number of benzene rings is 3. The van der Waals surface area contributed by atoms with Crippen molar-refractivity contribution in [3.63, 3.8) is 0 Å². The molecule has 0 aliphatic heterocycles. The first kappa shape index (κ1) is 24.2. The number of para-hydroxylation sites is 2. The van der Waals surface area contributed by atoms with E-state index in [1.807, 2.05) is 98.0 Å². The summed E-state index contributed by atoms with van der Waals surface area (Å²) >= 11 is 0. The van der Waals surface area contributed by atoms with Gasteiger partial charge in [-0.15, -0.1) is 0 Å². The van der Waals surface area contributed by atoms with E-state index in [2.05, 4.69) is 10.3 Å². The zero-order chi connectivity index (χ0) is 26.0. The van der Waals surface area contributed by atoms with Gasteiger partial charge in [0.25, 0.3) is 0 Å². The molecule has 4 N–H and O–H groups in total. The predicted octanol–water partition coefficient (Wildman–Crippen LogP) is 5.67. The maximum absolute atomic E-state index is 14.0. The molecule has 0 fully saturated rings. The van der Waals surface area contributed by atoms with Crippen LogP contribution in [0.2, 0.25) is 0 Å². The molecule has 0 radical (unpaired) electrons. The Morgan fingerprint density at radius 1 is 1.03 bits per heavy atom. The second kappa shape index (κ2) is 9.85. The average Bonchev–Trinajstić information content (AvgIpc) is 3.51. The minimum Gasteiger partial charge on any atom is -0.459 e. The highest BCUT2D eigenvalue weighted by Crippen LogP contribution is 2.30. The van der Waals surface area contributed by atoms with Gasteiger partial charge < -0.3 is 25.4 Å². The Hall–Kier alpha value is -4.52. The van der Waals surface area contributed by atoms with Gasteiger partial charge in [-0.3, -0.25) is 4.79 Å². The molecule has 0 spiro atoms. The minimum atomic E-state index is -1.31. The van der Waals surface area contributed by atoms with Crippen molar-refractivity contribution >= 4 is 33.8 Å². The third-order valence-electron chi connectivity index (χ3n) is 7.00. The minimum absolute atomic E-state index is 0.0516. The Morgan fingerprint density at radius 3 is 2.49 bits per heavy atom. The van der Waals surface area contributed by atoms with Crippen LogP contribution < -0.4 is 11.1 Å². The van der Waals surface area contributed by atoms with Gasteiger partial charge in [-0.2, -0.15) is 0 Å². The number of fused-ring (bicyclic) bond motifs is 2. The van der Waals surface area contributed by atoms with Crippen LogP contribution in [0.15, 0.2) is 95.5 Å². The number of carbonyl (C=O) groups excluding carboxylic acids is 2. The summed E-state index contributed by atoms with van der Waals surface area (Å²) in [5.41, 5.74) is 8.19. The summed E-state index contributed by atoms with van der Waals surface area (Å²) < 4.78 is 5.99. The van der Waals surface area contributed by atoms with Gasteiger partial charge in [-0.25, -0.2) is 4.79 Å². The fourth-order valence-electron chi connectivity index (χ4n) is 4.89. The van der Waals surface area contributed by atoms with Gasteiger partial charge in [0, 0.05) is 28.9 Å². The van der Waals surface area contributed by atoms with Crippen molar-refractivity contribution in [2.45, 2.75) is 38.4 Å². The van der Waals surface area contributed by atoms with Crippen molar-refractivity contribution in [2.24, 2.45) is 5.73 Å². The molecular weight excluding hydrogens is 464 g/mol. The third-order valence-corrected chi connectivity index (χ3v) is 7.00. The Kier molecular flexibility index (Phi) is 6.44. The van der Waals surface area contributed by atoms with Crippen molar-refractivity contribution in [1.29, 1.82) is 0 Å². The number of H-pyrrole nitrogens is 1. The summed E-state index contributed by atoms with van der Waals surface area (Å²) in [7, 11) is 0. The Bertz CT molecular complexity index is 1520. The number of nitrogens with zero attached hydrogens (tertiary/aromatic N) is 1. The van der Waals surface area contributed by atoms with Gasteiger partial charge in [0.05, 0.1) is 12.6 Å². The van der Waals surface area contributed by atoms with E-state index in [1.54, 1.807) is 6.92 Å². The number of urea groups is 1. The van der Waals surface area contributed by atoms with Crippen molar-refractivity contribution < 1.29 is 14.0 Å². The standard InChI is InChI=1S/C30H30N4O3/c1-20(21-10-4-3-5-11-21)33-28(35)30(2,17-23-18-32-26-14-8-7-13-25(23)26)34(29(31)36)19-24-16-22-12-6-9-15-27(22)37-24/h3-16,18,20,32H,17,19H2,1-2H3,(H2,31,36)(H,33,35). The molecular formula is C30H30N4O3. The maximum atomic E-state index is 14.0. The van der Waals surface area contributed by atoms with E-state index >= 15 is 0 Å². The molecule has 2 unspecified atom stereocenters. The summed E-state index contributed by atoms with van der Waals surface area (Å²) in [6.07, 6.45) is 2.14. The van der Waals surface area contributed by atoms with Crippen LogP contribution >= 0.6 is 0 Å². The molecule has 3 aromatic carbocycles. The number of hydrogen-bond acceptors (Lipinski definition) is 3. The SMILES string of the molecule is CC(NC(=O)C(C)(Cc1c[nH]c2ccccc12)N(Cc1cc2ccccc2o1)C(N)=O)c1ccccc1. The lowest BCUT2D eigenvalue weighted by atomic mass is 9.88. The van der Waals surface area contributed by atoms with Gasteiger partial charge in [0.2, 0.25) is 5.91 Å². The first-order chi connectivity index (χ1) is 17.8. The first-order valence-electron chi connectivity index (χ1n) is 12.3. The Morgan fingerprint density at radius 2 is 1.73 bits per heavy atom. The van der Waals surface area contributed by atoms with Gasteiger partial charge in [0.1, 0.15) is 16.9 Å². The second-order valence-electron chi connectivity index (χ2n) is 9.59. The highest BCUT2D eigenvalue weighted by Gasteiger charge is 2.43. The van der Waals surface area contributed by atoms with Crippen LogP contribution in [0.4, 0.5) is 4.79 Å². The zero-order valence-corrected chi connectivity index (χ0v) is 20.9. The summed E-state index contributed by atoms with van der Waals surface area (Å²) in [6.45, 7) is 3.73. The fraction of sp³-hybridized carbons (Fsp3) is 0.200. The van der Waals surface area contributed by atoms with Crippen LogP contribution in [0.5, 0.6) is 0 Å². The molecule has 2 heterocycles. The number of furan rings is 1. The molecule has 5 aromatic rings. The number of hydrogen-bond donors (Lipinski definition) is 3. The van der Waals surface area contributed by atoms with Crippen LogP contribution in [-0.4, -0.2) is 27.4 Å². The first-order valence-corrected chi connectivity index (χ1v) is 12.3. The largest absolute Gasteiger partial charge is 0.459 e. The number of carbonyl (C=O) groups is 2. The normalized spacial score (nSPS) is 13.8. The molecule has 0 saturated heterocycles. The third kappa shape index (κ3) is 4.80. The average molecular weight is 495 g/mol. The van der Waals surface area contributed by atoms with Crippen molar-refractivity contribution in [3.8, 4) is 0 Å². The molecule has 0 bridgehead atoms. The highest BCUT2D eigenvalue weighted by molar-refractivity contribution is 5.92. The molecule has 7 nitrogen and oxygen atoms in total. The van der Waals surface area contributed by atoms with E-state index in [0.29, 0.717) is 11.3 Å². The van der Waals surface area contributed by atoms with Crippen LogP contribution in [0, 0.1) is 0 Å². The molecule has 0 saturated carbocycles. The lowest BCUT2D eigenvalue weighted by molar-refractivity contribution is -0.132. The zero-order valence-electron chi connectivity index (χ0n) is 20.9. The molecule has 188 valence electrons. The molecule has 0 aliphatic carbocycles. The molecule has 7 heteroatoms. The quantitative estimate of drug-likeness (QED) is 0.259. The molecule has 2 atom stereocenters. The van der Waals surface area contributed by atoms with Crippen LogP contribution in [0.25, 0.3) is 21.9 Å². The monoisotopic (exact) mass is 494 g/mol. The van der Waals surface area contributed by atoms with E-state index < -0.39 is 11.6 Å². The highest BCUT2D eigenvalue weighted by atomic mass is 16.3. The lowest BCUT2D eigenvalue weighted by Gasteiger charge is -2.39. The maximum Gasteiger partial charge on any atom is 0.316 e. The number of rotatable bonds is 8. The predicted molar refractivity (Wildman–Crippen MR) is 145 cm³/mol. The Labute approximate surface area is 215 Å². The number of nitrogens with two attached hydrogens (primary N) is 1. The van der Waals surface area contributed by atoms with Crippen molar-refractivity contribution in [1.82, 2.24) is 15.2 Å². The number of amides is 3. The van der Waals surface area contributed by atoms with Crippen LogP contribution in [0.3, 0.4) is 0 Å². The van der Waals surface area contributed by atoms with Crippen molar-refractivity contribution in [2.75, 3.05) is 0 Å². The molecule has 3 amide bonds. The topological polar surface area (TPSA) is 104 Å². The second-order valence-corrected chi connectivity index (χ2v) is 9.59. The fourth-order valence-corrected chi connectivity index (χ4v) is 4.89. The number of aromatic nitrogens is 1. The van der Waals surface area contributed by atoms with Crippen LogP contribution in [0.1, 0.15) is 36.8 Å². The van der Waals surface area contributed by atoms with E-state index in [1.165, 1.54) is 4.90 Å². The summed E-state index contributed by atoms with van der Waals surface area (Å²) in [5.74, 6) is 0.248. The molecule has 37 heavy (non-hydrogen) atoms. The van der Waals surface area contributed by atoms with Gasteiger partial charge in [-0.05, 0) is 43.2 Å². The van der Waals surface area contributed by atoms with E-state index in [0.717, 1.165) is 27.4 Å². The van der Waals surface area contributed by atoms with Gasteiger partial charge in [-0.1, -0.05) is 66.7 Å². The van der Waals surface area contributed by atoms with Gasteiger partial charge in [0.15, 0.2) is 0 Å². The van der Waals surface area contributed by atoms with Gasteiger partial charge >= 0.3 is 6.03 Å². The summed E-state index contributed by atoms with van der Waals surface area (Å²) in [6, 6.07) is 26.1. The summed E-state index contributed by atoms with van der Waals surface area (Å²) in [4.78, 5) is 31.6. The van der Waals surface area contributed by atoms with Crippen molar-refractivity contribution in [3.05, 3.63) is 108 Å². The van der Waals surface area contributed by atoms with E-state index in [-0.39, 0.29) is 24.9 Å². The van der Waals surface area contributed by atoms with E-state index in [9.17, 15) is 9.59 Å². The number of primary amides is 1. The number of nitrogens with one attached hydrogen (secondary N) is 2. The lowest BCUT2D eigenvalue weighted by Crippen LogP contribution is -2.61. The van der Waals surface area contributed by atoms with E-state index in [4.69, 9.17) is 10.2 Å². The molecule has 5 rings (SSSR count). The number of aromatic amines is 1. The molecule has 2 aromatic heterocycles. The Balaban J connectivity index is 1.53. The smallest absolute Gasteiger partial charge is 0.316 e. The molecule has 0 aliphatic rings. The summed E-state index contributed by atoms with van der Waals surface area (Å²) in [5, 5.41) is 5.03. The van der Waals surface area contributed by atoms with Crippen LogP contribution in [-0.2, 0) is 17.8 Å².